The molecule has 1 aliphatic heterocycles. The van der Waals surface area contributed by atoms with E-state index in [0.717, 1.165) is 29.9 Å². The zero-order valence-corrected chi connectivity index (χ0v) is 7.44. The van der Waals surface area contributed by atoms with Gasteiger partial charge in [-0.25, -0.2) is 14.1 Å². The maximum Gasteiger partial charge on any atom is 0.158 e. The van der Waals surface area contributed by atoms with Gasteiger partial charge in [0.1, 0.15) is 12.1 Å². The fourth-order valence-electron chi connectivity index (χ4n) is 1.84. The number of nitrogens with zero attached hydrogens (tertiary/aromatic N) is 3. The highest BCUT2D eigenvalue weighted by Crippen LogP contribution is 2.27. The minimum atomic E-state index is -0.222. The van der Waals surface area contributed by atoms with Crippen molar-refractivity contribution in [3.63, 3.8) is 0 Å². The van der Waals surface area contributed by atoms with E-state index in [9.17, 15) is 4.39 Å². The number of benzene rings is 1. The Bertz CT molecular complexity index is 490. The molecule has 0 fully saturated rings. The number of fused-ring (bicyclic) bond motifs is 3. The van der Waals surface area contributed by atoms with Crippen LogP contribution in [0.15, 0.2) is 24.5 Å². The van der Waals surface area contributed by atoms with Crippen LogP contribution in [-0.2, 0) is 13.0 Å². The average molecular weight is 189 g/mol. The summed E-state index contributed by atoms with van der Waals surface area (Å²) in [6.45, 7) is 0.827. The molecule has 3 nitrogen and oxygen atoms in total. The Kier molecular flexibility index (Phi) is 1.45. The number of hydrogen-bond donors (Lipinski definition) is 0. The lowest BCUT2D eigenvalue weighted by Gasteiger charge is -2.16. The normalized spacial score (nSPS) is 13.5. The van der Waals surface area contributed by atoms with E-state index in [0.29, 0.717) is 0 Å². The van der Waals surface area contributed by atoms with Crippen molar-refractivity contribution in [3.8, 4) is 11.4 Å². The lowest BCUT2D eigenvalue weighted by molar-refractivity contribution is 0.597. The van der Waals surface area contributed by atoms with Crippen molar-refractivity contribution in [1.29, 1.82) is 0 Å². The van der Waals surface area contributed by atoms with Gasteiger partial charge in [-0.1, -0.05) is 6.07 Å². The summed E-state index contributed by atoms with van der Waals surface area (Å²) < 4.78 is 14.8. The van der Waals surface area contributed by atoms with Gasteiger partial charge in [-0.3, -0.25) is 0 Å². The maximum atomic E-state index is 13.0. The van der Waals surface area contributed by atoms with E-state index in [2.05, 4.69) is 10.1 Å². The van der Waals surface area contributed by atoms with Crippen LogP contribution < -0.4 is 0 Å². The van der Waals surface area contributed by atoms with Gasteiger partial charge in [0.15, 0.2) is 5.82 Å². The van der Waals surface area contributed by atoms with Gasteiger partial charge in [0.25, 0.3) is 0 Å². The molecule has 0 bridgehead atoms. The van der Waals surface area contributed by atoms with Gasteiger partial charge in [-0.15, -0.1) is 0 Å². The third kappa shape index (κ3) is 0.968. The summed E-state index contributed by atoms with van der Waals surface area (Å²) in [5, 5.41) is 4.07. The van der Waals surface area contributed by atoms with Crippen molar-refractivity contribution in [2.75, 3.05) is 0 Å². The van der Waals surface area contributed by atoms with Crippen LogP contribution in [-0.4, -0.2) is 14.8 Å². The Morgan fingerprint density at radius 2 is 2.29 bits per heavy atom. The van der Waals surface area contributed by atoms with Crippen LogP contribution >= 0.6 is 0 Å². The molecule has 0 radical (unpaired) electrons. The van der Waals surface area contributed by atoms with E-state index in [1.807, 2.05) is 10.7 Å². The lowest BCUT2D eigenvalue weighted by atomic mass is 10.0. The molecule has 4 heteroatoms. The van der Waals surface area contributed by atoms with Crippen LogP contribution in [0.25, 0.3) is 11.4 Å². The van der Waals surface area contributed by atoms with E-state index in [-0.39, 0.29) is 5.82 Å². The van der Waals surface area contributed by atoms with Crippen molar-refractivity contribution in [3.05, 3.63) is 35.9 Å². The Balaban J connectivity index is 2.28. The molecule has 2 heterocycles. The molecule has 3 rings (SSSR count). The molecule has 0 saturated carbocycles. The van der Waals surface area contributed by atoms with Gasteiger partial charge in [0.05, 0.1) is 0 Å². The second-order valence-electron chi connectivity index (χ2n) is 3.36. The highest BCUT2D eigenvalue weighted by Gasteiger charge is 2.17. The van der Waals surface area contributed by atoms with E-state index in [1.165, 1.54) is 18.5 Å². The summed E-state index contributed by atoms with van der Waals surface area (Å²) in [7, 11) is 0. The largest absolute Gasteiger partial charge is 0.245 e. The molecule has 0 aliphatic carbocycles. The minimum Gasteiger partial charge on any atom is -0.245 e. The standard InChI is InChI=1S/C10H8FN3/c11-8-2-1-7-3-4-14-10(9(7)5-8)12-6-13-14/h1-2,5-6H,3-4H2. The first-order valence-corrected chi connectivity index (χ1v) is 4.51. The van der Waals surface area contributed by atoms with Crippen LogP contribution in [0.1, 0.15) is 5.56 Å². The fraction of sp³-hybridized carbons (Fsp3) is 0.200. The SMILES string of the molecule is Fc1ccc2c(c1)-c1ncnn1CC2. The topological polar surface area (TPSA) is 30.7 Å². The molecule has 1 aromatic heterocycles. The first-order chi connectivity index (χ1) is 6.84. The highest BCUT2D eigenvalue weighted by atomic mass is 19.1. The molecular weight excluding hydrogens is 181 g/mol. The van der Waals surface area contributed by atoms with Crippen molar-refractivity contribution in [2.45, 2.75) is 13.0 Å². The first kappa shape index (κ1) is 7.67. The predicted molar refractivity (Wildman–Crippen MR) is 49.1 cm³/mol. The van der Waals surface area contributed by atoms with Crippen molar-refractivity contribution in [1.82, 2.24) is 14.8 Å². The zero-order chi connectivity index (χ0) is 9.54. The molecule has 0 atom stereocenters. The van der Waals surface area contributed by atoms with E-state index in [1.54, 1.807) is 0 Å². The van der Waals surface area contributed by atoms with Gasteiger partial charge in [-0.05, 0) is 24.1 Å². The quantitative estimate of drug-likeness (QED) is 0.630. The molecule has 0 N–H and O–H groups in total. The van der Waals surface area contributed by atoms with Crippen LogP contribution in [0.5, 0.6) is 0 Å². The average Bonchev–Trinajstić information content (AvgIpc) is 2.65. The van der Waals surface area contributed by atoms with Gasteiger partial charge in [0.2, 0.25) is 0 Å². The molecule has 70 valence electrons. The summed E-state index contributed by atoms with van der Waals surface area (Å²) in [6, 6.07) is 4.84. The van der Waals surface area contributed by atoms with Crippen LogP contribution in [0.2, 0.25) is 0 Å². The third-order valence-electron chi connectivity index (χ3n) is 2.52. The van der Waals surface area contributed by atoms with Crippen LogP contribution in [0.4, 0.5) is 4.39 Å². The van der Waals surface area contributed by atoms with Crippen LogP contribution in [0.3, 0.4) is 0 Å². The summed E-state index contributed by atoms with van der Waals surface area (Å²) in [5.41, 5.74) is 2.01. The second kappa shape index (κ2) is 2.64. The number of aromatic nitrogens is 3. The molecule has 0 saturated heterocycles. The summed E-state index contributed by atoms with van der Waals surface area (Å²) >= 11 is 0. The smallest absolute Gasteiger partial charge is 0.158 e. The Morgan fingerprint density at radius 1 is 1.36 bits per heavy atom. The highest BCUT2D eigenvalue weighted by molar-refractivity contribution is 5.61. The molecule has 1 aromatic carbocycles. The maximum absolute atomic E-state index is 13.0. The summed E-state index contributed by atoms with van der Waals surface area (Å²) in [6.07, 6.45) is 2.40. The Hall–Kier alpha value is -1.71. The number of hydrogen-bond acceptors (Lipinski definition) is 2. The predicted octanol–water partition coefficient (Wildman–Crippen LogP) is 1.64. The van der Waals surface area contributed by atoms with Crippen LogP contribution in [0, 0.1) is 5.82 Å². The van der Waals surface area contributed by atoms with Crippen molar-refractivity contribution in [2.24, 2.45) is 0 Å². The fourth-order valence-corrected chi connectivity index (χ4v) is 1.84. The second-order valence-corrected chi connectivity index (χ2v) is 3.36. The molecule has 0 amide bonds. The monoisotopic (exact) mass is 189 g/mol. The van der Waals surface area contributed by atoms with Gasteiger partial charge >= 0.3 is 0 Å². The number of rotatable bonds is 0. The van der Waals surface area contributed by atoms with E-state index < -0.39 is 0 Å². The van der Waals surface area contributed by atoms with Crippen molar-refractivity contribution < 1.29 is 4.39 Å². The molecule has 0 spiro atoms. The van der Waals surface area contributed by atoms with E-state index >= 15 is 0 Å². The molecular formula is C10H8FN3. The van der Waals surface area contributed by atoms with Gasteiger partial charge in [-0.2, -0.15) is 5.10 Å². The molecule has 14 heavy (non-hydrogen) atoms. The molecule has 2 aromatic rings. The van der Waals surface area contributed by atoms with Crippen molar-refractivity contribution >= 4 is 0 Å². The van der Waals surface area contributed by atoms with Gasteiger partial charge < -0.3 is 0 Å². The first-order valence-electron chi connectivity index (χ1n) is 4.51. The Labute approximate surface area is 80.2 Å². The van der Waals surface area contributed by atoms with E-state index in [4.69, 9.17) is 0 Å². The summed E-state index contributed by atoms with van der Waals surface area (Å²) in [5.74, 6) is 0.547. The minimum absolute atomic E-state index is 0.222. The lowest BCUT2D eigenvalue weighted by Crippen LogP contribution is -2.12. The zero-order valence-electron chi connectivity index (χ0n) is 7.44. The Morgan fingerprint density at radius 3 is 3.21 bits per heavy atom. The number of aryl methyl sites for hydroxylation is 2. The third-order valence-corrected chi connectivity index (χ3v) is 2.52. The molecule has 1 aliphatic rings. The van der Waals surface area contributed by atoms with Gasteiger partial charge in [0, 0.05) is 12.1 Å². The molecule has 0 unspecified atom stereocenters. The summed E-state index contributed by atoms with van der Waals surface area (Å²) in [4.78, 5) is 4.12. The number of halogens is 1.